The van der Waals surface area contributed by atoms with E-state index < -0.39 is 44.7 Å². The maximum Gasteiger partial charge on any atom is 0.314 e. The van der Waals surface area contributed by atoms with Gasteiger partial charge in [-0.2, -0.15) is 17.6 Å². The third-order valence-corrected chi connectivity index (χ3v) is 14.1. The molecule has 0 saturated carbocycles. The van der Waals surface area contributed by atoms with Gasteiger partial charge < -0.3 is 18.5 Å². The molecule has 0 atom stereocenters. The summed E-state index contributed by atoms with van der Waals surface area (Å²) in [6.07, 6.45) is -3.61. The first-order valence-corrected chi connectivity index (χ1v) is 24.1. The number of benzene rings is 4. The normalized spacial score (nSPS) is 15.4. The number of morpholine rings is 1. The van der Waals surface area contributed by atoms with Crippen molar-refractivity contribution in [2.75, 3.05) is 60.3 Å². The van der Waals surface area contributed by atoms with Crippen molar-refractivity contribution in [3.05, 3.63) is 144 Å². The lowest BCUT2D eigenvalue weighted by Gasteiger charge is -2.40. The minimum Gasteiger partial charge on any atom is -0.415 e. The highest BCUT2D eigenvalue weighted by Crippen LogP contribution is 2.28. The van der Waals surface area contributed by atoms with Crippen molar-refractivity contribution in [3.8, 4) is 22.9 Å². The lowest BCUT2D eigenvalue weighted by molar-refractivity contribution is 0.00140. The van der Waals surface area contributed by atoms with E-state index in [-0.39, 0.29) is 30.6 Å². The summed E-state index contributed by atoms with van der Waals surface area (Å²) in [4.78, 5) is 4.74. The molecule has 4 aromatic carbocycles. The SMILES string of the molecule is C=CS(=O)(=O)N(Cc1ccc(-c2nnc(C(F)F)o2)cc1)c1ccccc1.O=S(=O)(CCN1CCC(N2CCOCC2)CC1)N(Cc1ccc(-c2nnc(C(F)F)o2)cc1)c1ccccc1. The van der Waals surface area contributed by atoms with Crippen LogP contribution in [0.15, 0.2) is 130 Å². The molecule has 0 aliphatic carbocycles. The quantitative estimate of drug-likeness (QED) is 0.0809. The van der Waals surface area contributed by atoms with Crippen LogP contribution in [0.4, 0.5) is 28.9 Å². The van der Waals surface area contributed by atoms with E-state index in [4.69, 9.17) is 13.6 Å². The van der Waals surface area contributed by atoms with Crippen LogP contribution in [-0.2, 0) is 37.9 Å². The number of anilines is 2. The summed E-state index contributed by atoms with van der Waals surface area (Å²) in [7, 11) is -7.34. The number of piperidine rings is 1. The maximum atomic E-state index is 13.6. The van der Waals surface area contributed by atoms with Gasteiger partial charge in [0.1, 0.15) is 0 Å². The number of ether oxygens (including phenoxy) is 1. The molecule has 0 amide bonds. The molecule has 2 aliphatic rings. The number of alkyl halides is 4. The Hall–Kier alpha value is -6.00. The molecule has 4 heterocycles. The standard InChI is InChI=1S/C27H33F2N5O4S.C18H15F2N3O3S/c28-25(29)27-31-30-26(38-27)22-8-6-21(7-9-22)20-34(24-4-2-1-3-5-24)39(35,36)19-16-32-12-10-23(11-13-32)33-14-17-37-18-15-33;1-2-27(24,25)23(15-6-4-3-5-7-15)12-13-8-10-14(11-9-13)17-21-22-18(26-17)16(19)20/h1-9,23,25H,10-20H2;2-11,16H,1,12H2. The Kier molecular flexibility index (Phi) is 16.0. The van der Waals surface area contributed by atoms with Crippen LogP contribution in [-0.4, -0.2) is 105 Å². The monoisotopic (exact) mass is 952 g/mol. The topological polar surface area (TPSA) is 168 Å². The van der Waals surface area contributed by atoms with Gasteiger partial charge in [-0.1, -0.05) is 67.2 Å². The smallest absolute Gasteiger partial charge is 0.314 e. The summed E-state index contributed by atoms with van der Waals surface area (Å²) < 4.78 is 121. The van der Waals surface area contributed by atoms with E-state index in [2.05, 4.69) is 36.8 Å². The number of rotatable bonds is 17. The van der Waals surface area contributed by atoms with Crippen LogP contribution in [0.1, 0.15) is 48.6 Å². The molecule has 15 nitrogen and oxygen atoms in total. The summed E-state index contributed by atoms with van der Waals surface area (Å²) in [6.45, 7) is 9.33. The Balaban J connectivity index is 0.000000210. The molecular weight excluding hydrogens is 905 g/mol. The number of hydrogen-bond acceptors (Lipinski definition) is 13. The van der Waals surface area contributed by atoms with Gasteiger partial charge in [0.05, 0.1) is 43.4 Å². The van der Waals surface area contributed by atoms with Crippen molar-refractivity contribution < 1.29 is 48.0 Å². The molecule has 0 N–H and O–H groups in total. The van der Waals surface area contributed by atoms with Crippen molar-refractivity contribution >= 4 is 31.4 Å². The van der Waals surface area contributed by atoms with E-state index in [0.717, 1.165) is 63.2 Å². The van der Waals surface area contributed by atoms with Crippen molar-refractivity contribution in [2.45, 2.75) is 44.8 Å². The second kappa shape index (κ2) is 22.0. The Labute approximate surface area is 380 Å². The van der Waals surface area contributed by atoms with Crippen molar-refractivity contribution in [1.82, 2.24) is 30.2 Å². The fraction of sp³-hybridized carbons (Fsp3) is 0.333. The fourth-order valence-electron chi connectivity index (χ4n) is 7.48. The molecule has 2 fully saturated rings. The van der Waals surface area contributed by atoms with Crippen LogP contribution in [0, 0.1) is 0 Å². The molecule has 350 valence electrons. The van der Waals surface area contributed by atoms with Crippen molar-refractivity contribution in [1.29, 1.82) is 0 Å². The number of halogens is 4. The molecule has 0 spiro atoms. The highest BCUT2D eigenvalue weighted by molar-refractivity contribution is 7.95. The third-order valence-electron chi connectivity index (χ3n) is 11.0. The first-order valence-electron chi connectivity index (χ1n) is 21.0. The summed E-state index contributed by atoms with van der Waals surface area (Å²) in [5.41, 5.74) is 3.45. The van der Waals surface area contributed by atoms with E-state index in [9.17, 15) is 34.4 Å². The summed E-state index contributed by atoms with van der Waals surface area (Å²) in [5, 5.41) is 14.8. The van der Waals surface area contributed by atoms with Crippen LogP contribution >= 0.6 is 0 Å². The van der Waals surface area contributed by atoms with Gasteiger partial charge in [-0.05, 0) is 85.6 Å². The molecular formula is C45H48F4N8O7S2. The van der Waals surface area contributed by atoms with Gasteiger partial charge in [-0.25, -0.2) is 16.8 Å². The maximum absolute atomic E-state index is 13.6. The van der Waals surface area contributed by atoms with E-state index in [1.807, 2.05) is 18.2 Å². The fourth-order valence-corrected chi connectivity index (χ4v) is 9.90. The van der Waals surface area contributed by atoms with Crippen LogP contribution < -0.4 is 8.61 Å². The zero-order chi connectivity index (χ0) is 46.7. The second-order valence-corrected chi connectivity index (χ2v) is 19.1. The highest BCUT2D eigenvalue weighted by atomic mass is 32.2. The van der Waals surface area contributed by atoms with Gasteiger partial charge in [-0.3, -0.25) is 13.5 Å². The van der Waals surface area contributed by atoms with Crippen LogP contribution in [0.2, 0.25) is 0 Å². The summed E-state index contributed by atoms with van der Waals surface area (Å²) in [6, 6.07) is 31.5. The van der Waals surface area contributed by atoms with E-state index in [1.54, 1.807) is 91.0 Å². The van der Waals surface area contributed by atoms with E-state index in [0.29, 0.717) is 40.7 Å². The first kappa shape index (κ1) is 47.9. The Morgan fingerprint density at radius 1 is 0.636 bits per heavy atom. The summed E-state index contributed by atoms with van der Waals surface area (Å²) >= 11 is 0. The van der Waals surface area contributed by atoms with Gasteiger partial charge in [0, 0.05) is 42.2 Å². The van der Waals surface area contributed by atoms with Gasteiger partial charge in [0.25, 0.3) is 21.8 Å². The zero-order valence-electron chi connectivity index (χ0n) is 35.7. The number of nitrogens with zero attached hydrogens (tertiary/aromatic N) is 8. The number of aromatic nitrogens is 4. The predicted octanol–water partition coefficient (Wildman–Crippen LogP) is 7.96. The number of likely N-dealkylation sites (tertiary alicyclic amines) is 1. The molecule has 0 unspecified atom stereocenters. The van der Waals surface area contributed by atoms with Gasteiger partial charge in [0.2, 0.25) is 21.8 Å². The second-order valence-electron chi connectivity index (χ2n) is 15.3. The molecule has 2 aliphatic heterocycles. The van der Waals surface area contributed by atoms with E-state index in [1.165, 1.54) is 8.61 Å². The van der Waals surface area contributed by atoms with Crippen molar-refractivity contribution in [2.24, 2.45) is 0 Å². The molecule has 6 aromatic rings. The van der Waals surface area contributed by atoms with Crippen LogP contribution in [0.3, 0.4) is 0 Å². The molecule has 2 aromatic heterocycles. The third kappa shape index (κ3) is 12.5. The lowest BCUT2D eigenvalue weighted by Crippen LogP contribution is -2.49. The van der Waals surface area contributed by atoms with Gasteiger partial charge >= 0.3 is 12.9 Å². The molecule has 2 saturated heterocycles. The average molecular weight is 953 g/mol. The van der Waals surface area contributed by atoms with Crippen LogP contribution in [0.25, 0.3) is 22.9 Å². The largest absolute Gasteiger partial charge is 0.415 e. The molecule has 8 rings (SSSR count). The van der Waals surface area contributed by atoms with Gasteiger partial charge in [-0.15, -0.1) is 20.4 Å². The lowest BCUT2D eigenvalue weighted by atomic mass is 10.0. The Morgan fingerprint density at radius 2 is 1.09 bits per heavy atom. The van der Waals surface area contributed by atoms with E-state index >= 15 is 0 Å². The highest BCUT2D eigenvalue weighted by Gasteiger charge is 2.29. The number of para-hydroxylation sites is 2. The molecule has 0 radical (unpaired) electrons. The Morgan fingerprint density at radius 3 is 1.53 bits per heavy atom. The molecule has 21 heteroatoms. The minimum absolute atomic E-state index is 0.0122. The minimum atomic E-state index is -3.71. The first-order chi connectivity index (χ1) is 31.8. The predicted molar refractivity (Wildman–Crippen MR) is 239 cm³/mol. The summed E-state index contributed by atoms with van der Waals surface area (Å²) in [5.74, 6) is -1.51. The van der Waals surface area contributed by atoms with Crippen molar-refractivity contribution in [3.63, 3.8) is 0 Å². The van der Waals surface area contributed by atoms with Crippen LogP contribution in [0.5, 0.6) is 0 Å². The average Bonchev–Trinajstić information content (AvgIpc) is 4.06. The molecule has 66 heavy (non-hydrogen) atoms. The molecule has 0 bridgehead atoms. The zero-order valence-corrected chi connectivity index (χ0v) is 37.3. The number of hydrogen-bond donors (Lipinski definition) is 0. The number of sulfonamides is 2. The Bertz CT molecular complexity index is 2680. The van der Waals surface area contributed by atoms with Gasteiger partial charge in [0.15, 0.2) is 0 Å².